The summed E-state index contributed by atoms with van der Waals surface area (Å²) in [5.41, 5.74) is 2.61. The number of anilines is 1. The summed E-state index contributed by atoms with van der Waals surface area (Å²) in [5.74, 6) is -2.48. The van der Waals surface area contributed by atoms with E-state index in [0.29, 0.717) is 47.4 Å². The average molecular weight is 542 g/mol. The van der Waals surface area contributed by atoms with Gasteiger partial charge in [0.25, 0.3) is 5.91 Å². The molecule has 9 nitrogen and oxygen atoms in total. The van der Waals surface area contributed by atoms with E-state index in [9.17, 15) is 22.0 Å². The lowest BCUT2D eigenvalue weighted by Gasteiger charge is -2.26. The molecule has 3 heterocycles. The monoisotopic (exact) mass is 541 g/mol. The van der Waals surface area contributed by atoms with Crippen LogP contribution in [0, 0.1) is 32.4 Å². The minimum atomic E-state index is -3.85. The van der Waals surface area contributed by atoms with E-state index in [1.165, 1.54) is 14.9 Å². The van der Waals surface area contributed by atoms with Crippen LogP contribution in [0.15, 0.2) is 47.4 Å². The first-order valence-electron chi connectivity index (χ1n) is 11.9. The molecule has 12 heteroatoms. The highest BCUT2D eigenvalue weighted by Crippen LogP contribution is 2.33. The summed E-state index contributed by atoms with van der Waals surface area (Å²) < 4.78 is 62.9. The normalized spacial score (nSPS) is 14.7. The molecule has 1 saturated heterocycles. The van der Waals surface area contributed by atoms with E-state index in [1.807, 2.05) is 0 Å². The molecule has 0 saturated carbocycles. The third-order valence-corrected chi connectivity index (χ3v) is 8.39. The average Bonchev–Trinajstić information content (AvgIpc) is 3.26. The van der Waals surface area contributed by atoms with Crippen LogP contribution in [-0.4, -0.2) is 59.5 Å². The van der Waals surface area contributed by atoms with Crippen LogP contribution < -0.4 is 5.32 Å². The molecule has 0 atom stereocenters. The van der Waals surface area contributed by atoms with Crippen LogP contribution in [0.3, 0.4) is 0 Å². The third-order valence-electron chi connectivity index (χ3n) is 6.35. The zero-order chi connectivity index (χ0) is 27.2. The lowest BCUT2D eigenvalue weighted by molar-refractivity contribution is 0.0730. The lowest BCUT2D eigenvalue weighted by atomic mass is 10.0. The minimum absolute atomic E-state index is 0.0894. The Hall–Kier alpha value is -3.74. The second-order valence-corrected chi connectivity index (χ2v) is 11.0. The molecule has 198 valence electrons. The van der Waals surface area contributed by atoms with Gasteiger partial charge in [0.05, 0.1) is 29.4 Å². The van der Waals surface area contributed by atoms with Gasteiger partial charge in [0.2, 0.25) is 10.0 Å². The van der Waals surface area contributed by atoms with Gasteiger partial charge >= 0.3 is 0 Å². The van der Waals surface area contributed by atoms with E-state index in [4.69, 9.17) is 4.74 Å². The Morgan fingerprint density at radius 3 is 2.47 bits per heavy atom. The number of morpholine rings is 1. The number of amides is 1. The van der Waals surface area contributed by atoms with Gasteiger partial charge in [-0.25, -0.2) is 26.7 Å². The fourth-order valence-electron chi connectivity index (χ4n) is 4.48. The number of carbonyl (C=O) groups excluding carboxylic acids is 1. The highest BCUT2D eigenvalue weighted by Gasteiger charge is 2.30. The van der Waals surface area contributed by atoms with Crippen molar-refractivity contribution in [3.63, 3.8) is 0 Å². The molecule has 0 bridgehead atoms. The highest BCUT2D eigenvalue weighted by atomic mass is 32.2. The van der Waals surface area contributed by atoms with Crippen molar-refractivity contribution >= 4 is 27.3 Å². The number of ether oxygens (including phenoxy) is 1. The van der Waals surface area contributed by atoms with Crippen LogP contribution in [0.1, 0.15) is 27.4 Å². The van der Waals surface area contributed by atoms with Gasteiger partial charge in [0.1, 0.15) is 11.6 Å². The Kier molecular flexibility index (Phi) is 6.72. The van der Waals surface area contributed by atoms with Crippen molar-refractivity contribution in [1.29, 1.82) is 0 Å². The van der Waals surface area contributed by atoms with Crippen molar-refractivity contribution in [1.82, 2.24) is 18.9 Å². The predicted molar refractivity (Wildman–Crippen MR) is 137 cm³/mol. The molecule has 0 radical (unpaired) electrons. The van der Waals surface area contributed by atoms with Crippen LogP contribution in [-0.2, 0) is 14.8 Å². The number of sulfonamides is 1. The Morgan fingerprint density at radius 2 is 1.76 bits per heavy atom. The van der Waals surface area contributed by atoms with Crippen molar-refractivity contribution in [3.8, 4) is 11.1 Å². The summed E-state index contributed by atoms with van der Waals surface area (Å²) in [6, 6.07) is 9.46. The maximum Gasteiger partial charge on any atom is 0.276 e. The van der Waals surface area contributed by atoms with Crippen LogP contribution in [0.5, 0.6) is 0 Å². The van der Waals surface area contributed by atoms with Crippen LogP contribution in [0.4, 0.5) is 14.5 Å². The number of hydrogen-bond acceptors (Lipinski definition) is 6. The molecule has 1 N–H and O–H groups in total. The van der Waals surface area contributed by atoms with Crippen LogP contribution >= 0.6 is 0 Å². The van der Waals surface area contributed by atoms with Gasteiger partial charge in [0, 0.05) is 30.5 Å². The van der Waals surface area contributed by atoms with E-state index in [1.54, 1.807) is 39.0 Å². The van der Waals surface area contributed by atoms with Crippen molar-refractivity contribution in [2.75, 3.05) is 31.6 Å². The van der Waals surface area contributed by atoms with Crippen molar-refractivity contribution in [2.24, 2.45) is 0 Å². The number of aryl methyl sites for hydroxylation is 3. The number of nitrogens with zero attached hydrogens (tertiary/aromatic N) is 4. The molecule has 2 aromatic heterocycles. The van der Waals surface area contributed by atoms with Crippen molar-refractivity contribution in [3.05, 3.63) is 76.7 Å². The molecule has 1 amide bonds. The quantitative estimate of drug-likeness (QED) is 0.411. The van der Waals surface area contributed by atoms with E-state index in [-0.39, 0.29) is 34.9 Å². The Labute approximate surface area is 218 Å². The number of hydrogen-bond donors (Lipinski definition) is 1. The predicted octanol–water partition coefficient (Wildman–Crippen LogP) is 3.87. The van der Waals surface area contributed by atoms with Gasteiger partial charge in [-0.15, -0.1) is 0 Å². The maximum absolute atomic E-state index is 14.3. The van der Waals surface area contributed by atoms with E-state index in [0.717, 1.165) is 12.1 Å². The second kappa shape index (κ2) is 9.86. The molecule has 38 heavy (non-hydrogen) atoms. The number of halogens is 2. The fraction of sp³-hybridized carbons (Fsp3) is 0.269. The van der Waals surface area contributed by atoms with E-state index < -0.39 is 27.6 Å². The van der Waals surface area contributed by atoms with E-state index in [2.05, 4.69) is 15.4 Å². The maximum atomic E-state index is 14.3. The van der Waals surface area contributed by atoms with E-state index >= 15 is 0 Å². The molecule has 4 aromatic rings. The summed E-state index contributed by atoms with van der Waals surface area (Å²) in [4.78, 5) is 18.1. The molecule has 1 fully saturated rings. The number of rotatable bonds is 5. The summed E-state index contributed by atoms with van der Waals surface area (Å²) >= 11 is 0. The van der Waals surface area contributed by atoms with Crippen LogP contribution in [0.2, 0.25) is 0 Å². The Balaban J connectivity index is 1.67. The fourth-order valence-corrected chi connectivity index (χ4v) is 6.14. The molecule has 1 aliphatic heterocycles. The van der Waals surface area contributed by atoms with Crippen LogP contribution in [0.25, 0.3) is 16.8 Å². The van der Waals surface area contributed by atoms with Gasteiger partial charge in [-0.3, -0.25) is 4.79 Å². The molecule has 0 spiro atoms. The number of benzene rings is 2. The van der Waals surface area contributed by atoms with Gasteiger partial charge in [0.15, 0.2) is 11.3 Å². The topological polar surface area (TPSA) is 106 Å². The second-order valence-electron chi connectivity index (χ2n) is 9.07. The van der Waals surface area contributed by atoms with Gasteiger partial charge in [-0.05, 0) is 56.2 Å². The molecule has 1 aliphatic rings. The summed E-state index contributed by atoms with van der Waals surface area (Å²) in [5, 5.41) is 6.89. The summed E-state index contributed by atoms with van der Waals surface area (Å²) in [6.45, 7) is 6.37. The summed E-state index contributed by atoms with van der Waals surface area (Å²) in [7, 11) is -3.85. The first kappa shape index (κ1) is 25.9. The largest absolute Gasteiger partial charge is 0.379 e. The Morgan fingerprint density at radius 1 is 1.03 bits per heavy atom. The molecular weight excluding hydrogens is 516 g/mol. The zero-order valence-corrected chi connectivity index (χ0v) is 21.8. The molecule has 0 aliphatic carbocycles. The number of carbonyl (C=O) groups is 1. The zero-order valence-electron chi connectivity index (χ0n) is 21.0. The highest BCUT2D eigenvalue weighted by molar-refractivity contribution is 7.89. The summed E-state index contributed by atoms with van der Waals surface area (Å²) in [6.07, 6.45) is 0. The number of fused-ring (bicyclic) bond motifs is 1. The van der Waals surface area contributed by atoms with Gasteiger partial charge < -0.3 is 10.1 Å². The third kappa shape index (κ3) is 4.66. The molecule has 0 unspecified atom stereocenters. The lowest BCUT2D eigenvalue weighted by Crippen LogP contribution is -2.40. The first-order chi connectivity index (χ1) is 18.1. The van der Waals surface area contributed by atoms with Crippen molar-refractivity contribution < 1.29 is 26.7 Å². The van der Waals surface area contributed by atoms with Gasteiger partial charge in [-0.2, -0.15) is 9.40 Å². The van der Waals surface area contributed by atoms with Crippen molar-refractivity contribution in [2.45, 2.75) is 25.7 Å². The molecular formula is C26H25F2N5O4S. The number of nitrogens with one attached hydrogen (secondary N) is 1. The standard InChI is InChI=1S/C26H25F2N5O4S/c1-15-4-5-18(13-22(15)38(35,36)32-8-10-37-11-9-32)23-24(31-33-17(3)12-16(2)29-25(23)33)26(34)30-21-7-6-19(27)14-20(21)28/h4-7,12-14H,8-11H2,1-3H3,(H,30,34). The smallest absolute Gasteiger partial charge is 0.276 e. The number of aromatic nitrogens is 3. The molecule has 2 aromatic carbocycles. The van der Waals surface area contributed by atoms with Gasteiger partial charge in [-0.1, -0.05) is 12.1 Å². The minimum Gasteiger partial charge on any atom is -0.379 e. The SMILES string of the molecule is Cc1cc(C)n2nc(C(=O)Nc3ccc(F)cc3F)c(-c3ccc(C)c(S(=O)(=O)N4CCOCC4)c3)c2n1. The Bertz CT molecular complexity index is 1680. The molecule has 5 rings (SSSR count). The first-order valence-corrected chi connectivity index (χ1v) is 13.3.